The molecule has 3 aliphatic rings. The Morgan fingerprint density at radius 3 is 2.90 bits per heavy atom. The summed E-state index contributed by atoms with van der Waals surface area (Å²) < 4.78 is 18.3. The van der Waals surface area contributed by atoms with E-state index in [4.69, 9.17) is 4.74 Å². The molecular formula is C13H14FNO4S. The number of nitrogens with zero attached hydrogens (tertiary/aromatic N) is 1. The molecule has 0 aromatic carbocycles. The maximum Gasteiger partial charge on any atom is 0.353 e. The fourth-order valence-electron chi connectivity index (χ4n) is 2.72. The van der Waals surface area contributed by atoms with Gasteiger partial charge < -0.3 is 9.84 Å². The van der Waals surface area contributed by atoms with Crippen LogP contribution in [0.15, 0.2) is 21.7 Å². The van der Waals surface area contributed by atoms with Crippen molar-refractivity contribution in [2.75, 3.05) is 13.3 Å². The third kappa shape index (κ3) is 1.80. The van der Waals surface area contributed by atoms with E-state index < -0.39 is 23.9 Å². The first-order valence-corrected chi connectivity index (χ1v) is 7.29. The van der Waals surface area contributed by atoms with Crippen LogP contribution in [0.1, 0.15) is 19.8 Å². The lowest BCUT2D eigenvalue weighted by Gasteiger charge is -2.38. The number of aliphatic carboxylic acids is 1. The largest absolute Gasteiger partial charge is 0.477 e. The van der Waals surface area contributed by atoms with Gasteiger partial charge in [0.1, 0.15) is 17.7 Å². The number of thioether (sulfide) groups is 1. The fraction of sp³-hybridized carbons (Fsp3) is 0.538. The minimum atomic E-state index is -1.13. The molecule has 0 radical (unpaired) electrons. The van der Waals surface area contributed by atoms with Crippen LogP contribution in [0.5, 0.6) is 0 Å². The molecule has 0 saturated carbocycles. The number of carbonyl (C=O) groups excluding carboxylic acids is 1. The van der Waals surface area contributed by atoms with Crippen molar-refractivity contribution in [3.8, 4) is 0 Å². The van der Waals surface area contributed by atoms with Crippen molar-refractivity contribution in [1.29, 1.82) is 0 Å². The van der Waals surface area contributed by atoms with Crippen molar-refractivity contribution in [3.05, 3.63) is 21.7 Å². The number of alkyl halides is 1. The van der Waals surface area contributed by atoms with Crippen molar-refractivity contribution in [2.45, 2.75) is 31.2 Å². The number of carbonyl (C=O) groups is 2. The van der Waals surface area contributed by atoms with Crippen LogP contribution in [0.3, 0.4) is 0 Å². The summed E-state index contributed by atoms with van der Waals surface area (Å²) in [4.78, 5) is 25.3. The Bertz CT molecular complexity index is 551. The van der Waals surface area contributed by atoms with E-state index in [1.165, 1.54) is 16.7 Å². The minimum absolute atomic E-state index is 0.00677. The zero-order valence-corrected chi connectivity index (χ0v) is 11.7. The third-order valence-electron chi connectivity index (χ3n) is 3.73. The first kappa shape index (κ1) is 13.6. The number of hydrogen-bond acceptors (Lipinski definition) is 4. The molecular weight excluding hydrogens is 285 g/mol. The zero-order valence-electron chi connectivity index (χ0n) is 10.9. The molecule has 2 atom stereocenters. The number of rotatable bonds is 3. The summed E-state index contributed by atoms with van der Waals surface area (Å²) in [6.07, 6.45) is 1.39. The third-order valence-corrected chi connectivity index (χ3v) is 5.11. The van der Waals surface area contributed by atoms with E-state index in [2.05, 4.69) is 0 Å². The highest BCUT2D eigenvalue weighted by Gasteiger charge is 2.54. The van der Waals surface area contributed by atoms with Gasteiger partial charge in [0, 0.05) is 11.5 Å². The molecule has 2 saturated heterocycles. The Hall–Kier alpha value is -1.34. The topological polar surface area (TPSA) is 66.8 Å². The van der Waals surface area contributed by atoms with Crippen LogP contribution in [-0.4, -0.2) is 46.6 Å². The van der Waals surface area contributed by atoms with Crippen LogP contribution in [0.4, 0.5) is 4.39 Å². The minimum Gasteiger partial charge on any atom is -0.477 e. The van der Waals surface area contributed by atoms with E-state index in [0.717, 1.165) is 12.8 Å². The molecule has 1 amide bonds. The molecule has 108 valence electrons. The maximum absolute atomic E-state index is 12.7. The van der Waals surface area contributed by atoms with Crippen LogP contribution in [0.2, 0.25) is 0 Å². The average molecular weight is 299 g/mol. The zero-order chi connectivity index (χ0) is 14.4. The molecule has 0 spiro atoms. The van der Waals surface area contributed by atoms with Crippen LogP contribution in [0.25, 0.3) is 0 Å². The van der Waals surface area contributed by atoms with Gasteiger partial charge in [-0.3, -0.25) is 9.69 Å². The van der Waals surface area contributed by atoms with Gasteiger partial charge >= 0.3 is 5.97 Å². The summed E-state index contributed by atoms with van der Waals surface area (Å²) >= 11 is 1.30. The van der Waals surface area contributed by atoms with E-state index in [0.29, 0.717) is 22.7 Å². The number of β-lactam (4-membered cyclic amide) rings is 1. The number of carboxylic acids is 1. The molecule has 0 aromatic heterocycles. The lowest BCUT2D eigenvalue weighted by atomic mass is 9.99. The number of halogens is 1. The average Bonchev–Trinajstić information content (AvgIpc) is 3.03. The Balaban J connectivity index is 1.96. The first-order valence-electron chi connectivity index (χ1n) is 6.41. The first-order chi connectivity index (χ1) is 9.56. The standard InChI is InChI=1S/C13H14FNO4S/c1-6(5-14)8-11(16)15-9(13(17)18)10(20-12(8)15)7-3-2-4-19-7/h7,12H,2-5H2,1H3,(H,17,18)/b8-6-/t7-,12+/m0/s1. The summed E-state index contributed by atoms with van der Waals surface area (Å²) in [5.41, 5.74) is 0.777. The summed E-state index contributed by atoms with van der Waals surface area (Å²) in [6.45, 7) is 1.48. The fourth-order valence-corrected chi connectivity index (χ4v) is 4.32. The molecule has 3 heterocycles. The van der Waals surface area contributed by atoms with E-state index in [9.17, 15) is 19.1 Å². The van der Waals surface area contributed by atoms with Crippen LogP contribution >= 0.6 is 11.8 Å². The van der Waals surface area contributed by atoms with E-state index in [1.54, 1.807) is 6.92 Å². The van der Waals surface area contributed by atoms with Crippen molar-refractivity contribution < 1.29 is 23.8 Å². The smallest absolute Gasteiger partial charge is 0.353 e. The number of carboxylic acid groups (broad SMARTS) is 1. The van der Waals surface area contributed by atoms with Gasteiger partial charge in [0.2, 0.25) is 0 Å². The Kier molecular flexibility index (Phi) is 3.33. The van der Waals surface area contributed by atoms with Gasteiger partial charge in [0.15, 0.2) is 0 Å². The van der Waals surface area contributed by atoms with Crippen LogP contribution in [-0.2, 0) is 14.3 Å². The van der Waals surface area contributed by atoms with Gasteiger partial charge in [-0.25, -0.2) is 9.18 Å². The summed E-state index contributed by atoms with van der Waals surface area (Å²) in [5, 5.41) is 8.96. The molecule has 2 fully saturated rings. The van der Waals surface area contributed by atoms with Crippen molar-refractivity contribution in [2.24, 2.45) is 0 Å². The van der Waals surface area contributed by atoms with Gasteiger partial charge in [-0.1, -0.05) is 11.8 Å². The van der Waals surface area contributed by atoms with Gasteiger partial charge in [0.25, 0.3) is 5.91 Å². The number of fused-ring (bicyclic) bond motifs is 1. The molecule has 0 aromatic rings. The number of hydrogen-bond donors (Lipinski definition) is 1. The normalized spacial score (nSPS) is 31.5. The molecule has 7 heteroatoms. The van der Waals surface area contributed by atoms with Gasteiger partial charge in [-0.2, -0.15) is 0 Å². The maximum atomic E-state index is 12.7. The quantitative estimate of drug-likeness (QED) is 0.634. The SMILES string of the molecule is C/C(CF)=C1\C(=O)N2C(C(=O)O)=C([C@@H]3CCCO3)S[C@H]12. The molecule has 1 N–H and O–H groups in total. The van der Waals surface area contributed by atoms with E-state index in [1.807, 2.05) is 0 Å². The molecule has 20 heavy (non-hydrogen) atoms. The van der Waals surface area contributed by atoms with Gasteiger partial charge in [0.05, 0.1) is 11.7 Å². The second-order valence-electron chi connectivity index (χ2n) is 4.99. The molecule has 0 unspecified atom stereocenters. The lowest BCUT2D eigenvalue weighted by Crippen LogP contribution is -2.51. The molecule has 3 aliphatic heterocycles. The van der Waals surface area contributed by atoms with Crippen molar-refractivity contribution in [1.82, 2.24) is 4.90 Å². The van der Waals surface area contributed by atoms with Gasteiger partial charge in [-0.05, 0) is 25.3 Å². The van der Waals surface area contributed by atoms with Crippen molar-refractivity contribution in [3.63, 3.8) is 0 Å². The summed E-state index contributed by atoms with van der Waals surface area (Å²) in [5.74, 6) is -1.53. The van der Waals surface area contributed by atoms with E-state index in [-0.39, 0.29) is 11.8 Å². The predicted molar refractivity (Wildman–Crippen MR) is 70.5 cm³/mol. The number of ether oxygens (including phenoxy) is 1. The number of amides is 1. The summed E-state index contributed by atoms with van der Waals surface area (Å²) in [6, 6.07) is 0. The predicted octanol–water partition coefficient (Wildman–Crippen LogP) is 1.66. The molecule has 0 bridgehead atoms. The van der Waals surface area contributed by atoms with Gasteiger partial charge in [-0.15, -0.1) is 0 Å². The molecule has 5 nitrogen and oxygen atoms in total. The Labute approximate surface area is 119 Å². The van der Waals surface area contributed by atoms with Crippen LogP contribution in [0, 0.1) is 0 Å². The monoisotopic (exact) mass is 299 g/mol. The highest BCUT2D eigenvalue weighted by Crippen LogP contribution is 2.52. The highest BCUT2D eigenvalue weighted by molar-refractivity contribution is 8.04. The lowest BCUT2D eigenvalue weighted by molar-refractivity contribution is -0.141. The van der Waals surface area contributed by atoms with E-state index >= 15 is 0 Å². The second kappa shape index (κ2) is 4.89. The molecule has 3 rings (SSSR count). The van der Waals surface area contributed by atoms with Crippen molar-refractivity contribution >= 4 is 23.6 Å². The molecule has 0 aliphatic carbocycles. The number of allylic oxidation sites excluding steroid dienone is 1. The highest BCUT2D eigenvalue weighted by atomic mass is 32.2. The Morgan fingerprint density at radius 2 is 2.35 bits per heavy atom. The summed E-state index contributed by atoms with van der Waals surface area (Å²) in [7, 11) is 0. The Morgan fingerprint density at radius 1 is 1.60 bits per heavy atom. The van der Waals surface area contributed by atoms with Crippen LogP contribution < -0.4 is 0 Å². The second-order valence-corrected chi connectivity index (χ2v) is 6.11.